The van der Waals surface area contributed by atoms with Crippen LogP contribution in [0.1, 0.15) is 23.3 Å². The molecule has 0 bridgehead atoms. The maximum absolute atomic E-state index is 13.8. The first-order valence-corrected chi connectivity index (χ1v) is 13.8. The number of likely N-dealkylation sites (tertiary alicyclic amines) is 1. The number of hydrogen-bond acceptors (Lipinski definition) is 7. The van der Waals surface area contributed by atoms with Crippen molar-refractivity contribution in [3.63, 3.8) is 0 Å². The summed E-state index contributed by atoms with van der Waals surface area (Å²) in [6.07, 6.45) is 1.25. The summed E-state index contributed by atoms with van der Waals surface area (Å²) in [5, 5.41) is 2.10. The van der Waals surface area contributed by atoms with E-state index < -0.39 is 5.54 Å². The molecule has 190 valence electrons. The third-order valence-electron chi connectivity index (χ3n) is 7.10. The van der Waals surface area contributed by atoms with E-state index in [0.29, 0.717) is 31.7 Å². The number of piperidine rings is 1. The number of thiophene rings is 2. The van der Waals surface area contributed by atoms with E-state index in [1.165, 1.54) is 19.5 Å². The maximum Gasteiger partial charge on any atom is 0.328 e. The fourth-order valence-electron chi connectivity index (χ4n) is 5.17. The minimum atomic E-state index is -0.803. The van der Waals surface area contributed by atoms with Crippen molar-refractivity contribution in [1.82, 2.24) is 14.7 Å². The van der Waals surface area contributed by atoms with Crippen molar-refractivity contribution < 1.29 is 19.1 Å². The van der Waals surface area contributed by atoms with E-state index in [4.69, 9.17) is 9.47 Å². The predicted octanol–water partition coefficient (Wildman–Crippen LogP) is 4.93. The molecule has 2 fully saturated rings. The molecule has 7 nitrogen and oxygen atoms in total. The zero-order chi connectivity index (χ0) is 25.1. The van der Waals surface area contributed by atoms with Crippen LogP contribution in [0.4, 0.5) is 4.79 Å². The summed E-state index contributed by atoms with van der Waals surface area (Å²) in [4.78, 5) is 36.7. The first kappa shape index (κ1) is 25.0. The number of rotatable bonds is 9. The lowest BCUT2D eigenvalue weighted by molar-refractivity contribution is -0.136. The van der Waals surface area contributed by atoms with Crippen molar-refractivity contribution in [1.29, 1.82) is 0 Å². The van der Waals surface area contributed by atoms with Gasteiger partial charge in [0, 0.05) is 47.9 Å². The van der Waals surface area contributed by atoms with Crippen LogP contribution in [0.15, 0.2) is 53.9 Å². The summed E-state index contributed by atoms with van der Waals surface area (Å²) in [5.74, 6) is 0.615. The van der Waals surface area contributed by atoms with Gasteiger partial charge >= 0.3 is 6.03 Å². The van der Waals surface area contributed by atoms with Gasteiger partial charge in [0.15, 0.2) is 0 Å². The first-order chi connectivity index (χ1) is 17.5. The minimum Gasteiger partial charge on any atom is -0.497 e. The van der Waals surface area contributed by atoms with Crippen molar-refractivity contribution >= 4 is 34.6 Å². The molecule has 0 atom stereocenters. The van der Waals surface area contributed by atoms with Crippen molar-refractivity contribution in [2.24, 2.45) is 0 Å². The Labute approximate surface area is 219 Å². The number of benzene rings is 1. The Morgan fingerprint density at radius 1 is 0.972 bits per heavy atom. The number of methoxy groups -OCH3 is 2. The molecule has 9 heteroatoms. The monoisotopic (exact) mass is 525 g/mol. The van der Waals surface area contributed by atoms with E-state index in [1.807, 2.05) is 35.6 Å². The highest BCUT2D eigenvalue weighted by Gasteiger charge is 2.57. The molecular formula is C27H31N3O4S2. The molecule has 1 aromatic carbocycles. The quantitative estimate of drug-likeness (QED) is 0.371. The highest BCUT2D eigenvalue weighted by Crippen LogP contribution is 2.39. The number of amides is 3. The second-order valence-electron chi connectivity index (χ2n) is 9.22. The second-order valence-corrected chi connectivity index (χ2v) is 11.3. The van der Waals surface area contributed by atoms with Gasteiger partial charge in [0.2, 0.25) is 0 Å². The van der Waals surface area contributed by atoms with Gasteiger partial charge in [-0.1, -0.05) is 18.2 Å². The van der Waals surface area contributed by atoms with Gasteiger partial charge < -0.3 is 14.4 Å². The summed E-state index contributed by atoms with van der Waals surface area (Å²) in [6, 6.07) is 15.9. The summed E-state index contributed by atoms with van der Waals surface area (Å²) >= 11 is 3.59. The number of imide groups is 1. The predicted molar refractivity (Wildman–Crippen MR) is 142 cm³/mol. The normalized spacial score (nSPS) is 17.9. The van der Waals surface area contributed by atoms with Gasteiger partial charge in [0.05, 0.1) is 20.3 Å². The number of nitrogens with zero attached hydrogens (tertiary/aromatic N) is 3. The number of carbonyl (C=O) groups excluding carboxylic acids is 2. The molecule has 0 saturated carbocycles. The molecule has 36 heavy (non-hydrogen) atoms. The van der Waals surface area contributed by atoms with E-state index in [1.54, 1.807) is 30.5 Å². The Balaban J connectivity index is 1.29. The Hall–Kier alpha value is -2.72. The molecule has 0 radical (unpaired) electrons. The summed E-state index contributed by atoms with van der Waals surface area (Å²) in [5.41, 5.74) is 0.0687. The number of hydrogen-bond donors (Lipinski definition) is 0. The molecule has 0 N–H and O–H groups in total. The van der Waals surface area contributed by atoms with Crippen LogP contribution >= 0.6 is 22.7 Å². The summed E-state index contributed by atoms with van der Waals surface area (Å²) in [6.45, 7) is 3.44. The Morgan fingerprint density at radius 3 is 2.53 bits per heavy atom. The average Bonchev–Trinajstić information content (AvgIpc) is 3.63. The topological polar surface area (TPSA) is 62.3 Å². The van der Waals surface area contributed by atoms with Crippen molar-refractivity contribution in [3.8, 4) is 15.5 Å². The molecule has 5 rings (SSSR count). The zero-order valence-corrected chi connectivity index (χ0v) is 22.3. The molecule has 2 saturated heterocycles. The smallest absolute Gasteiger partial charge is 0.328 e. The molecular weight excluding hydrogens is 494 g/mol. The Morgan fingerprint density at radius 2 is 1.81 bits per heavy atom. The molecule has 1 spiro atoms. The van der Waals surface area contributed by atoms with Crippen LogP contribution in [-0.2, 0) is 22.6 Å². The second kappa shape index (κ2) is 10.7. The molecule has 3 aromatic rings. The van der Waals surface area contributed by atoms with E-state index in [2.05, 4.69) is 34.5 Å². The fourth-order valence-corrected chi connectivity index (χ4v) is 7.05. The van der Waals surface area contributed by atoms with Gasteiger partial charge in [-0.15, -0.1) is 22.7 Å². The van der Waals surface area contributed by atoms with E-state index in [9.17, 15) is 9.59 Å². The average molecular weight is 526 g/mol. The van der Waals surface area contributed by atoms with Crippen molar-refractivity contribution in [3.05, 3.63) is 64.4 Å². The van der Waals surface area contributed by atoms with Gasteiger partial charge in [-0.3, -0.25) is 14.6 Å². The molecule has 0 aliphatic carbocycles. The van der Waals surface area contributed by atoms with Crippen LogP contribution in [0.25, 0.3) is 9.75 Å². The molecule has 0 unspecified atom stereocenters. The molecule has 4 heterocycles. The van der Waals surface area contributed by atoms with Crippen molar-refractivity contribution in [2.75, 3.05) is 40.5 Å². The lowest BCUT2D eigenvalue weighted by atomic mass is 9.85. The first-order valence-electron chi connectivity index (χ1n) is 12.1. The van der Waals surface area contributed by atoms with Gasteiger partial charge in [-0.05, 0) is 54.1 Å². The van der Waals surface area contributed by atoms with Crippen LogP contribution in [0, 0.1) is 0 Å². The third kappa shape index (κ3) is 4.80. The highest BCUT2D eigenvalue weighted by atomic mass is 32.1. The lowest BCUT2D eigenvalue weighted by Gasteiger charge is -2.42. The largest absolute Gasteiger partial charge is 0.497 e. The van der Waals surface area contributed by atoms with E-state index >= 15 is 0 Å². The summed E-state index contributed by atoms with van der Waals surface area (Å²) < 4.78 is 10.6. The highest BCUT2D eigenvalue weighted by molar-refractivity contribution is 7.21. The zero-order valence-electron chi connectivity index (χ0n) is 20.6. The maximum atomic E-state index is 13.8. The van der Waals surface area contributed by atoms with Crippen LogP contribution in [-0.4, -0.2) is 72.6 Å². The van der Waals surface area contributed by atoms with E-state index in [0.717, 1.165) is 25.2 Å². The van der Waals surface area contributed by atoms with Crippen LogP contribution < -0.4 is 4.74 Å². The van der Waals surface area contributed by atoms with Crippen LogP contribution in [0.3, 0.4) is 0 Å². The van der Waals surface area contributed by atoms with Crippen molar-refractivity contribution in [2.45, 2.75) is 31.5 Å². The molecule has 2 aliphatic heterocycles. The Kier molecular flexibility index (Phi) is 7.43. The van der Waals surface area contributed by atoms with E-state index in [-0.39, 0.29) is 18.5 Å². The summed E-state index contributed by atoms with van der Waals surface area (Å²) in [7, 11) is 3.23. The Bertz CT molecular complexity index is 1200. The molecule has 3 amide bonds. The standard InChI is InChI=1S/C27H31N3O4S2/c1-33-15-14-30-26(32)29(18-20-5-3-6-21(17-20)34-2)25(31)27(30)10-12-28(13-11-27)19-22-8-9-24(36-22)23-7-4-16-35-23/h3-9,16-17H,10-15,18-19H2,1-2H3. The fraction of sp³-hybridized carbons (Fsp3) is 0.407. The number of urea groups is 1. The SMILES string of the molecule is COCCN1C(=O)N(Cc2cccc(OC)c2)C(=O)C12CCN(Cc1ccc(-c3cccs3)s1)CC2. The minimum absolute atomic E-state index is 0.0952. The third-order valence-corrected chi connectivity index (χ3v) is 9.24. The molecule has 2 aromatic heterocycles. The van der Waals surface area contributed by atoms with Gasteiger partial charge in [-0.25, -0.2) is 4.79 Å². The lowest BCUT2D eigenvalue weighted by Crippen LogP contribution is -2.57. The van der Waals surface area contributed by atoms with Gasteiger partial charge in [0.1, 0.15) is 11.3 Å². The molecule has 2 aliphatic rings. The van der Waals surface area contributed by atoms with Crippen LogP contribution in [0.5, 0.6) is 5.75 Å². The van der Waals surface area contributed by atoms with Gasteiger partial charge in [0.25, 0.3) is 5.91 Å². The van der Waals surface area contributed by atoms with Gasteiger partial charge in [-0.2, -0.15) is 0 Å². The number of carbonyl (C=O) groups is 2. The number of ether oxygens (including phenoxy) is 2. The van der Waals surface area contributed by atoms with Crippen LogP contribution in [0.2, 0.25) is 0 Å².